The molecule has 2 aliphatic carbocycles. The van der Waals surface area contributed by atoms with Gasteiger partial charge in [0.25, 0.3) is 0 Å². The molecule has 0 aliphatic heterocycles. The van der Waals surface area contributed by atoms with Crippen molar-refractivity contribution in [2.45, 2.75) is 25.4 Å². The first-order chi connectivity index (χ1) is 5.06. The highest BCUT2D eigenvalue weighted by atomic mass is 19.4. The summed E-state index contributed by atoms with van der Waals surface area (Å²) in [4.78, 5) is 0. The van der Waals surface area contributed by atoms with Crippen molar-refractivity contribution in [1.82, 2.24) is 0 Å². The molecule has 2 atom stereocenters. The summed E-state index contributed by atoms with van der Waals surface area (Å²) in [5.41, 5.74) is -1.34. The van der Waals surface area contributed by atoms with Crippen LogP contribution < -0.4 is 0 Å². The van der Waals surface area contributed by atoms with Crippen LogP contribution in [0.25, 0.3) is 0 Å². The van der Waals surface area contributed by atoms with E-state index < -0.39 is 11.6 Å². The topological polar surface area (TPSA) is 0 Å². The molecule has 0 N–H and O–H groups in total. The molecule has 2 rings (SSSR count). The molecule has 1 saturated carbocycles. The van der Waals surface area contributed by atoms with Gasteiger partial charge in [0, 0.05) is 0 Å². The largest absolute Gasteiger partial charge is 0.395 e. The molecule has 0 bridgehead atoms. The molecule has 0 saturated heterocycles. The van der Waals surface area contributed by atoms with Crippen LogP contribution >= 0.6 is 0 Å². The molecule has 11 heavy (non-hydrogen) atoms. The molecule has 2 aliphatic rings. The van der Waals surface area contributed by atoms with Crippen LogP contribution in [-0.2, 0) is 0 Å². The van der Waals surface area contributed by atoms with Crippen molar-refractivity contribution in [3.63, 3.8) is 0 Å². The van der Waals surface area contributed by atoms with Gasteiger partial charge in [-0.3, -0.25) is 0 Å². The third-order valence-electron chi connectivity index (χ3n) is 3.03. The van der Waals surface area contributed by atoms with Gasteiger partial charge in [0.2, 0.25) is 0 Å². The van der Waals surface area contributed by atoms with Crippen molar-refractivity contribution in [2.24, 2.45) is 11.3 Å². The highest BCUT2D eigenvalue weighted by Crippen LogP contribution is 2.62. The van der Waals surface area contributed by atoms with E-state index >= 15 is 0 Å². The summed E-state index contributed by atoms with van der Waals surface area (Å²) in [5, 5.41) is 0. The maximum Gasteiger partial charge on any atom is 0.395 e. The van der Waals surface area contributed by atoms with Crippen LogP contribution in [0.3, 0.4) is 0 Å². The van der Waals surface area contributed by atoms with E-state index in [9.17, 15) is 13.2 Å². The molecule has 0 aromatic heterocycles. The lowest BCUT2D eigenvalue weighted by molar-refractivity contribution is -0.261. The summed E-state index contributed by atoms with van der Waals surface area (Å²) in [6.45, 7) is 0. The number of alkyl halides is 3. The lowest BCUT2D eigenvalue weighted by Gasteiger charge is -2.45. The normalized spacial score (nSPS) is 41.9. The van der Waals surface area contributed by atoms with Crippen LogP contribution in [0.4, 0.5) is 13.2 Å². The van der Waals surface area contributed by atoms with Crippen molar-refractivity contribution in [3.05, 3.63) is 12.2 Å². The lowest BCUT2D eigenvalue weighted by Crippen LogP contribution is -2.48. The first-order valence-corrected chi connectivity index (χ1v) is 3.80. The molecule has 0 spiro atoms. The van der Waals surface area contributed by atoms with Gasteiger partial charge in [0.15, 0.2) is 0 Å². The molecule has 1 fully saturated rings. The van der Waals surface area contributed by atoms with E-state index in [0.717, 1.165) is 6.42 Å². The Morgan fingerprint density at radius 1 is 1.36 bits per heavy atom. The zero-order valence-electron chi connectivity index (χ0n) is 5.99. The summed E-state index contributed by atoms with van der Waals surface area (Å²) in [5.74, 6) is -0.206. The fourth-order valence-electron chi connectivity index (χ4n) is 2.10. The first-order valence-electron chi connectivity index (χ1n) is 3.80. The van der Waals surface area contributed by atoms with Gasteiger partial charge in [-0.25, -0.2) is 0 Å². The fourth-order valence-corrected chi connectivity index (χ4v) is 2.10. The van der Waals surface area contributed by atoms with E-state index in [-0.39, 0.29) is 12.3 Å². The number of hydrogen-bond donors (Lipinski definition) is 0. The minimum Gasteiger partial charge on any atom is -0.170 e. The minimum atomic E-state index is -3.99. The third kappa shape index (κ3) is 0.713. The molecule has 0 radical (unpaired) electrons. The molecule has 0 aromatic carbocycles. The van der Waals surface area contributed by atoms with E-state index in [2.05, 4.69) is 0 Å². The van der Waals surface area contributed by atoms with Gasteiger partial charge in [-0.05, 0) is 25.2 Å². The maximum atomic E-state index is 12.4. The average molecular weight is 162 g/mol. The van der Waals surface area contributed by atoms with Gasteiger partial charge in [-0.15, -0.1) is 0 Å². The Bertz CT molecular complexity index is 204. The van der Waals surface area contributed by atoms with E-state index in [1.54, 1.807) is 12.2 Å². The molecule has 3 heteroatoms. The van der Waals surface area contributed by atoms with Crippen LogP contribution in [0.1, 0.15) is 19.3 Å². The van der Waals surface area contributed by atoms with Crippen LogP contribution in [0.5, 0.6) is 0 Å². The Hall–Kier alpha value is -0.470. The van der Waals surface area contributed by atoms with E-state index in [0.29, 0.717) is 6.42 Å². The highest BCUT2D eigenvalue weighted by molar-refractivity contribution is 5.17. The van der Waals surface area contributed by atoms with E-state index in [1.165, 1.54) is 0 Å². The maximum absolute atomic E-state index is 12.4. The summed E-state index contributed by atoms with van der Waals surface area (Å²) in [7, 11) is 0. The third-order valence-corrected chi connectivity index (χ3v) is 3.03. The minimum absolute atomic E-state index is 0.206. The average Bonchev–Trinajstić information content (AvgIpc) is 2.06. The number of fused-ring (bicyclic) bond motifs is 1. The Labute approximate surface area is 63.1 Å². The highest BCUT2D eigenvalue weighted by Gasteiger charge is 2.63. The van der Waals surface area contributed by atoms with Crippen molar-refractivity contribution in [3.8, 4) is 0 Å². The number of hydrogen-bond acceptors (Lipinski definition) is 0. The van der Waals surface area contributed by atoms with Gasteiger partial charge in [-0.2, -0.15) is 13.2 Å². The second-order valence-corrected chi connectivity index (χ2v) is 3.43. The SMILES string of the molecule is FC(F)(F)C12CC=CC1CC2. The molecule has 62 valence electrons. The van der Waals surface area contributed by atoms with E-state index in [4.69, 9.17) is 0 Å². The lowest BCUT2D eigenvalue weighted by atomic mass is 9.61. The summed E-state index contributed by atoms with van der Waals surface area (Å²) in [6, 6.07) is 0. The number of allylic oxidation sites excluding steroid dienone is 2. The fraction of sp³-hybridized carbons (Fsp3) is 0.750. The zero-order chi connectivity index (χ0) is 8.11. The standard InChI is InChI=1S/C8H9F3/c9-8(10,11)7-4-1-2-6(7)3-5-7/h1-2,6H,3-5H2. The Kier molecular flexibility index (Phi) is 1.19. The quantitative estimate of drug-likeness (QED) is 0.480. The molecule has 0 nitrogen and oxygen atoms in total. The van der Waals surface area contributed by atoms with Crippen molar-refractivity contribution in [2.75, 3.05) is 0 Å². The van der Waals surface area contributed by atoms with Gasteiger partial charge in [0.05, 0.1) is 5.41 Å². The van der Waals surface area contributed by atoms with Crippen LogP contribution in [-0.4, -0.2) is 6.18 Å². The summed E-state index contributed by atoms with van der Waals surface area (Å²) in [6.07, 6.45) is 0.660. The number of rotatable bonds is 0. The smallest absolute Gasteiger partial charge is 0.170 e. The predicted octanol–water partition coefficient (Wildman–Crippen LogP) is 2.91. The molecule has 0 amide bonds. The van der Waals surface area contributed by atoms with Gasteiger partial charge < -0.3 is 0 Å². The molecular weight excluding hydrogens is 153 g/mol. The summed E-state index contributed by atoms with van der Waals surface area (Å²) < 4.78 is 37.2. The second kappa shape index (κ2) is 1.82. The van der Waals surface area contributed by atoms with Crippen molar-refractivity contribution >= 4 is 0 Å². The van der Waals surface area contributed by atoms with Crippen LogP contribution in [0.15, 0.2) is 12.2 Å². The molecular formula is C8H9F3. The van der Waals surface area contributed by atoms with Crippen LogP contribution in [0, 0.1) is 11.3 Å². The monoisotopic (exact) mass is 162 g/mol. The van der Waals surface area contributed by atoms with Gasteiger partial charge in [-0.1, -0.05) is 12.2 Å². The molecule has 0 aromatic rings. The Balaban J connectivity index is 2.25. The van der Waals surface area contributed by atoms with E-state index in [1.807, 2.05) is 0 Å². The molecule has 2 unspecified atom stereocenters. The predicted molar refractivity (Wildman–Crippen MR) is 35.0 cm³/mol. The Morgan fingerprint density at radius 3 is 2.36 bits per heavy atom. The Morgan fingerprint density at radius 2 is 2.09 bits per heavy atom. The second-order valence-electron chi connectivity index (χ2n) is 3.43. The van der Waals surface area contributed by atoms with Gasteiger partial charge in [0.1, 0.15) is 0 Å². The van der Waals surface area contributed by atoms with Crippen molar-refractivity contribution in [1.29, 1.82) is 0 Å². The zero-order valence-corrected chi connectivity index (χ0v) is 5.99. The summed E-state index contributed by atoms with van der Waals surface area (Å²) >= 11 is 0. The van der Waals surface area contributed by atoms with Crippen molar-refractivity contribution < 1.29 is 13.2 Å². The molecule has 0 heterocycles. The van der Waals surface area contributed by atoms with Crippen LogP contribution in [0.2, 0.25) is 0 Å². The first kappa shape index (κ1) is 7.19. The number of halogens is 3. The van der Waals surface area contributed by atoms with Gasteiger partial charge >= 0.3 is 6.18 Å².